The number of amides is 1. The first kappa shape index (κ1) is 28.1. The van der Waals surface area contributed by atoms with Crippen molar-refractivity contribution in [3.8, 4) is 11.8 Å². The molecule has 0 bridgehead atoms. The Hall–Kier alpha value is -4.40. The molecule has 4 aromatic rings. The van der Waals surface area contributed by atoms with Gasteiger partial charge in [0.15, 0.2) is 0 Å². The molecule has 41 heavy (non-hydrogen) atoms. The van der Waals surface area contributed by atoms with Gasteiger partial charge in [0, 0.05) is 55.9 Å². The second-order valence-electron chi connectivity index (χ2n) is 9.37. The molecule has 0 saturated carbocycles. The number of nitrogens with one attached hydrogen (secondary N) is 1. The number of nitrogens with zero attached hydrogens (tertiary/aromatic N) is 4. The number of halogens is 5. The summed E-state index contributed by atoms with van der Waals surface area (Å²) in [4.78, 5) is 19.4. The summed E-state index contributed by atoms with van der Waals surface area (Å²) < 4.78 is 58.3. The zero-order valence-electron chi connectivity index (χ0n) is 21.4. The molecule has 1 N–H and O–H groups in total. The first-order valence-corrected chi connectivity index (χ1v) is 12.9. The van der Waals surface area contributed by atoms with Crippen LogP contribution < -0.4 is 10.1 Å². The van der Waals surface area contributed by atoms with E-state index in [1.807, 2.05) is 6.08 Å². The van der Waals surface area contributed by atoms with Crippen molar-refractivity contribution in [1.82, 2.24) is 19.8 Å². The Kier molecular flexibility index (Phi) is 7.97. The van der Waals surface area contributed by atoms with E-state index in [9.17, 15) is 22.4 Å². The highest BCUT2D eigenvalue weighted by atomic mass is 35.5. The van der Waals surface area contributed by atoms with E-state index in [1.165, 1.54) is 41.1 Å². The van der Waals surface area contributed by atoms with Crippen molar-refractivity contribution in [2.75, 3.05) is 13.1 Å². The number of benzene rings is 2. The molecule has 3 heterocycles. The number of aromatic nitrogens is 2. The van der Waals surface area contributed by atoms with Gasteiger partial charge in [0.05, 0.1) is 11.1 Å². The number of alkyl halides is 3. The number of pyridine rings is 1. The van der Waals surface area contributed by atoms with Crippen LogP contribution in [-0.4, -0.2) is 39.9 Å². The first-order valence-electron chi connectivity index (χ1n) is 12.5. The molecule has 1 aliphatic heterocycles. The van der Waals surface area contributed by atoms with Crippen LogP contribution >= 0.6 is 11.6 Å². The van der Waals surface area contributed by atoms with Crippen molar-refractivity contribution < 1.29 is 27.1 Å². The summed E-state index contributed by atoms with van der Waals surface area (Å²) in [6.45, 7) is 1.67. The molecular weight excluding hydrogens is 562 g/mol. The molecule has 2 aromatic heterocycles. The van der Waals surface area contributed by atoms with Gasteiger partial charge < -0.3 is 10.1 Å². The van der Waals surface area contributed by atoms with Gasteiger partial charge in [-0.3, -0.25) is 9.47 Å². The summed E-state index contributed by atoms with van der Waals surface area (Å²) in [5.74, 6) is -1.02. The van der Waals surface area contributed by atoms with Crippen LogP contribution in [-0.2, 0) is 19.5 Å². The standard InChI is InChI=1S/C29H22ClF4N5O2/c30-27-13-19(7-9-36-27)16-37-28(40)39-25-8-11-38(10-1-2-18-3-4-20(15-35)24(31)12-18)17-23(25)22-6-5-21(14-26(22)39)41-29(32,33)34/h1-7,9,12-14H,8,10-11,16-17H2,(H,37,40)/b2-1+. The van der Waals surface area contributed by atoms with Gasteiger partial charge in [-0.1, -0.05) is 29.8 Å². The SMILES string of the molecule is N#Cc1ccc(/C=C/CN2CCc3c(c4ccc(OC(F)(F)F)cc4n3C(=O)NCc3ccnc(Cl)c3)C2)cc1F. The van der Waals surface area contributed by atoms with E-state index >= 15 is 0 Å². The summed E-state index contributed by atoms with van der Waals surface area (Å²) in [5.41, 5.74) is 3.12. The van der Waals surface area contributed by atoms with Crippen LogP contribution in [0.4, 0.5) is 22.4 Å². The summed E-state index contributed by atoms with van der Waals surface area (Å²) in [5, 5.41) is 12.6. The molecule has 0 radical (unpaired) electrons. The lowest BCUT2D eigenvalue weighted by atomic mass is 10.0. The topological polar surface area (TPSA) is 83.2 Å². The van der Waals surface area contributed by atoms with E-state index in [1.54, 1.807) is 30.3 Å². The van der Waals surface area contributed by atoms with Gasteiger partial charge in [0.1, 0.15) is 22.8 Å². The van der Waals surface area contributed by atoms with E-state index in [0.29, 0.717) is 53.8 Å². The van der Waals surface area contributed by atoms with Crippen molar-refractivity contribution in [3.63, 3.8) is 0 Å². The molecule has 2 aromatic carbocycles. The Morgan fingerprint density at radius 1 is 1.20 bits per heavy atom. The number of carbonyl (C=O) groups excluding carboxylic acids is 1. The van der Waals surface area contributed by atoms with E-state index in [4.69, 9.17) is 16.9 Å². The van der Waals surface area contributed by atoms with Crippen molar-refractivity contribution in [2.45, 2.75) is 25.9 Å². The number of fused-ring (bicyclic) bond motifs is 3. The fourth-order valence-corrected chi connectivity index (χ4v) is 5.05. The fraction of sp³-hybridized carbons (Fsp3) is 0.207. The molecule has 0 saturated heterocycles. The largest absolute Gasteiger partial charge is 0.573 e. The Balaban J connectivity index is 1.41. The number of hydrogen-bond donors (Lipinski definition) is 1. The van der Waals surface area contributed by atoms with Gasteiger partial charge in [0.2, 0.25) is 0 Å². The lowest BCUT2D eigenvalue weighted by Gasteiger charge is -2.27. The van der Waals surface area contributed by atoms with Crippen LogP contribution in [0, 0.1) is 17.1 Å². The molecule has 1 aliphatic rings. The Bertz CT molecular complexity index is 1690. The van der Waals surface area contributed by atoms with E-state index < -0.39 is 24.0 Å². The van der Waals surface area contributed by atoms with Crippen LogP contribution in [0.2, 0.25) is 5.15 Å². The second kappa shape index (κ2) is 11.6. The van der Waals surface area contributed by atoms with Crippen LogP contribution in [0.15, 0.2) is 60.8 Å². The fourth-order valence-electron chi connectivity index (χ4n) is 4.85. The lowest BCUT2D eigenvalue weighted by Crippen LogP contribution is -2.34. The highest BCUT2D eigenvalue weighted by Crippen LogP contribution is 2.34. The van der Waals surface area contributed by atoms with Crippen LogP contribution in [0.1, 0.15) is 27.9 Å². The zero-order valence-corrected chi connectivity index (χ0v) is 22.1. The number of carbonyl (C=O) groups is 1. The molecule has 7 nitrogen and oxygen atoms in total. The number of nitriles is 1. The predicted molar refractivity (Wildman–Crippen MR) is 145 cm³/mol. The Morgan fingerprint density at radius 3 is 2.76 bits per heavy atom. The molecular formula is C29H22ClF4N5O2. The lowest BCUT2D eigenvalue weighted by molar-refractivity contribution is -0.274. The molecule has 0 aliphatic carbocycles. The smallest absolute Gasteiger partial charge is 0.406 e. The number of hydrogen-bond acceptors (Lipinski definition) is 5. The molecule has 0 spiro atoms. The van der Waals surface area contributed by atoms with Crippen LogP contribution in [0.3, 0.4) is 0 Å². The quantitative estimate of drug-likeness (QED) is 0.209. The minimum atomic E-state index is -4.88. The number of ether oxygens (including phenoxy) is 1. The highest BCUT2D eigenvalue weighted by Gasteiger charge is 2.32. The molecule has 0 atom stereocenters. The summed E-state index contributed by atoms with van der Waals surface area (Å²) in [6, 6.07) is 12.9. The average Bonchev–Trinajstić information content (AvgIpc) is 3.24. The van der Waals surface area contributed by atoms with E-state index in [2.05, 4.69) is 19.9 Å². The van der Waals surface area contributed by atoms with Gasteiger partial charge >= 0.3 is 12.4 Å². The van der Waals surface area contributed by atoms with Gasteiger partial charge in [0.25, 0.3) is 0 Å². The average molecular weight is 584 g/mol. The predicted octanol–water partition coefficient (Wildman–Crippen LogP) is 6.43. The highest BCUT2D eigenvalue weighted by molar-refractivity contribution is 6.29. The van der Waals surface area contributed by atoms with Gasteiger partial charge in [-0.25, -0.2) is 14.2 Å². The van der Waals surface area contributed by atoms with E-state index in [0.717, 1.165) is 5.56 Å². The molecule has 12 heteroatoms. The normalized spacial score (nSPS) is 13.8. The van der Waals surface area contributed by atoms with E-state index in [-0.39, 0.29) is 17.3 Å². The third-order valence-electron chi connectivity index (χ3n) is 6.66. The zero-order chi connectivity index (χ0) is 29.1. The minimum absolute atomic E-state index is 0.0282. The maximum Gasteiger partial charge on any atom is 0.573 e. The Labute approximate surface area is 237 Å². The summed E-state index contributed by atoms with van der Waals surface area (Å²) in [6.07, 6.45) is 0.718. The summed E-state index contributed by atoms with van der Waals surface area (Å²) >= 11 is 5.93. The van der Waals surface area contributed by atoms with Crippen LogP contribution in [0.25, 0.3) is 17.0 Å². The minimum Gasteiger partial charge on any atom is -0.406 e. The molecule has 0 unspecified atom stereocenters. The maximum absolute atomic E-state index is 13.9. The molecule has 5 rings (SSSR count). The van der Waals surface area contributed by atoms with Gasteiger partial charge in [-0.2, -0.15) is 5.26 Å². The second-order valence-corrected chi connectivity index (χ2v) is 9.76. The van der Waals surface area contributed by atoms with Gasteiger partial charge in [-0.05, 0) is 53.1 Å². The number of rotatable bonds is 6. The molecule has 1 amide bonds. The first-order chi connectivity index (χ1) is 19.6. The third-order valence-corrected chi connectivity index (χ3v) is 6.87. The van der Waals surface area contributed by atoms with Crippen molar-refractivity contribution in [1.29, 1.82) is 5.26 Å². The summed E-state index contributed by atoms with van der Waals surface area (Å²) in [7, 11) is 0. The third kappa shape index (κ3) is 6.51. The van der Waals surface area contributed by atoms with Crippen molar-refractivity contribution in [2.24, 2.45) is 0 Å². The van der Waals surface area contributed by atoms with Crippen molar-refractivity contribution >= 4 is 34.6 Å². The van der Waals surface area contributed by atoms with Crippen molar-refractivity contribution in [3.05, 3.63) is 99.7 Å². The Morgan fingerprint density at radius 2 is 2.02 bits per heavy atom. The maximum atomic E-state index is 13.9. The van der Waals surface area contributed by atoms with Gasteiger partial charge in [-0.15, -0.1) is 13.2 Å². The van der Waals surface area contributed by atoms with Crippen LogP contribution in [0.5, 0.6) is 5.75 Å². The molecule has 0 fully saturated rings. The monoisotopic (exact) mass is 583 g/mol. The molecule has 210 valence electrons.